The highest BCUT2D eigenvalue weighted by Crippen LogP contribution is 2.24. The van der Waals surface area contributed by atoms with Crippen molar-refractivity contribution < 1.29 is 8.95 Å². The first-order valence-corrected chi connectivity index (χ1v) is 7.69. The fourth-order valence-electron chi connectivity index (χ4n) is 1.76. The monoisotopic (exact) mass is 314 g/mol. The van der Waals surface area contributed by atoms with E-state index in [1.54, 1.807) is 30.4 Å². The van der Waals surface area contributed by atoms with Gasteiger partial charge in [-0.1, -0.05) is 18.1 Å². The number of aromatic amines is 1. The Kier molecular flexibility index (Phi) is 5.28. The topological polar surface area (TPSA) is 72.0 Å². The summed E-state index contributed by atoms with van der Waals surface area (Å²) in [6.07, 6.45) is 8.75. The van der Waals surface area contributed by atoms with Gasteiger partial charge in [-0.2, -0.15) is 5.10 Å². The first-order valence-electron chi connectivity index (χ1n) is 6.37. The molecule has 1 aromatic heterocycles. The normalized spacial score (nSPS) is 12.0. The van der Waals surface area contributed by atoms with E-state index in [0.717, 1.165) is 5.56 Å². The number of nitrogens with zero attached hydrogens (tertiary/aromatic N) is 1. The van der Waals surface area contributed by atoms with Gasteiger partial charge in [0, 0.05) is 6.07 Å². The Morgan fingerprint density at radius 2 is 2.18 bits per heavy atom. The van der Waals surface area contributed by atoms with E-state index < -0.39 is 10.8 Å². The minimum atomic E-state index is -1.31. The molecule has 0 radical (unpaired) electrons. The number of terminal acetylenes is 1. The number of aromatic nitrogens is 2. The van der Waals surface area contributed by atoms with Crippen molar-refractivity contribution in [2.24, 2.45) is 0 Å². The first kappa shape index (κ1) is 15.7. The summed E-state index contributed by atoms with van der Waals surface area (Å²) in [4.78, 5) is 11.5. The van der Waals surface area contributed by atoms with Gasteiger partial charge in [0.25, 0.3) is 5.56 Å². The van der Waals surface area contributed by atoms with Crippen LogP contribution in [0.1, 0.15) is 11.3 Å². The lowest BCUT2D eigenvalue weighted by Gasteiger charge is -2.07. The predicted octanol–water partition coefficient (Wildman–Crippen LogP) is 1.69. The van der Waals surface area contributed by atoms with Gasteiger partial charge in [-0.25, -0.2) is 5.10 Å². The van der Waals surface area contributed by atoms with Crippen LogP contribution >= 0.6 is 0 Å². The molecule has 0 aliphatic rings. The highest BCUT2D eigenvalue weighted by Gasteiger charge is 2.10. The van der Waals surface area contributed by atoms with Crippen LogP contribution in [0.3, 0.4) is 0 Å². The molecule has 112 valence electrons. The van der Waals surface area contributed by atoms with E-state index in [4.69, 9.17) is 11.2 Å². The van der Waals surface area contributed by atoms with Crippen LogP contribution in [0.4, 0.5) is 0 Å². The van der Waals surface area contributed by atoms with E-state index in [1.807, 2.05) is 6.07 Å². The minimum Gasteiger partial charge on any atom is -0.495 e. The van der Waals surface area contributed by atoms with E-state index in [-0.39, 0.29) is 11.3 Å². The SMILES string of the molecule is C#CCS(=O)c1cc(C=Cc2ccc(=O)[nH]n2)ccc1OC. The van der Waals surface area contributed by atoms with Gasteiger partial charge in [-0.05, 0) is 29.8 Å². The Morgan fingerprint density at radius 1 is 1.36 bits per heavy atom. The molecule has 0 aliphatic heterocycles. The summed E-state index contributed by atoms with van der Waals surface area (Å²) < 4.78 is 17.3. The molecule has 1 heterocycles. The van der Waals surface area contributed by atoms with Gasteiger partial charge in [-0.15, -0.1) is 6.42 Å². The van der Waals surface area contributed by atoms with Gasteiger partial charge >= 0.3 is 0 Å². The van der Waals surface area contributed by atoms with E-state index in [1.165, 1.54) is 13.2 Å². The molecule has 0 fully saturated rings. The molecule has 0 saturated carbocycles. The van der Waals surface area contributed by atoms with Gasteiger partial charge < -0.3 is 4.74 Å². The molecular weight excluding hydrogens is 300 g/mol. The number of nitrogens with one attached hydrogen (secondary N) is 1. The van der Waals surface area contributed by atoms with Crippen molar-refractivity contribution in [3.05, 3.63) is 51.9 Å². The van der Waals surface area contributed by atoms with Crippen molar-refractivity contribution in [2.75, 3.05) is 12.9 Å². The van der Waals surface area contributed by atoms with Crippen LogP contribution in [-0.2, 0) is 10.8 Å². The number of benzene rings is 1. The van der Waals surface area contributed by atoms with Crippen molar-refractivity contribution in [2.45, 2.75) is 4.90 Å². The molecule has 22 heavy (non-hydrogen) atoms. The summed E-state index contributed by atoms with van der Waals surface area (Å²) in [6, 6.07) is 8.33. The van der Waals surface area contributed by atoms with E-state index in [0.29, 0.717) is 16.3 Å². The molecule has 0 aliphatic carbocycles. The van der Waals surface area contributed by atoms with Crippen molar-refractivity contribution >= 4 is 23.0 Å². The molecule has 0 spiro atoms. The summed E-state index contributed by atoms with van der Waals surface area (Å²) in [7, 11) is 0.205. The third-order valence-electron chi connectivity index (χ3n) is 2.79. The molecule has 1 N–H and O–H groups in total. The molecule has 0 saturated heterocycles. The maximum absolute atomic E-state index is 12.1. The van der Waals surface area contributed by atoms with E-state index >= 15 is 0 Å². The van der Waals surface area contributed by atoms with Crippen molar-refractivity contribution in [3.8, 4) is 18.1 Å². The quantitative estimate of drug-likeness (QED) is 0.853. The van der Waals surface area contributed by atoms with Crippen LogP contribution in [0, 0.1) is 12.3 Å². The van der Waals surface area contributed by atoms with Gasteiger partial charge in [0.1, 0.15) is 5.75 Å². The second kappa shape index (κ2) is 7.38. The average Bonchev–Trinajstić information content (AvgIpc) is 2.54. The standard InChI is InChI=1S/C16H14N2O3S/c1-3-10-22(20)15-11-12(5-8-14(15)21-2)4-6-13-7-9-16(19)18-17-13/h1,4-9,11H,10H2,2H3,(H,18,19). The second-order valence-corrected chi connectivity index (χ2v) is 5.70. The van der Waals surface area contributed by atoms with Gasteiger partial charge in [-0.3, -0.25) is 9.00 Å². The highest BCUT2D eigenvalue weighted by atomic mass is 32.2. The number of hydrogen-bond acceptors (Lipinski definition) is 4. The van der Waals surface area contributed by atoms with Crippen LogP contribution in [0.5, 0.6) is 5.75 Å². The average molecular weight is 314 g/mol. The molecule has 2 rings (SSSR count). The Hall–Kier alpha value is -2.65. The maximum Gasteiger partial charge on any atom is 0.264 e. The number of ether oxygens (including phenoxy) is 1. The number of hydrogen-bond donors (Lipinski definition) is 1. The summed E-state index contributed by atoms with van der Waals surface area (Å²) in [5, 5.41) is 6.23. The zero-order valence-corrected chi connectivity index (χ0v) is 12.7. The van der Waals surface area contributed by atoms with Gasteiger partial charge in [0.2, 0.25) is 0 Å². The Bertz CT molecular complexity index is 798. The summed E-state index contributed by atoms with van der Waals surface area (Å²) in [5.41, 5.74) is 1.18. The molecule has 0 bridgehead atoms. The molecule has 1 atom stereocenters. The fourth-order valence-corrected chi connectivity index (χ4v) is 2.71. The van der Waals surface area contributed by atoms with Gasteiger partial charge in [0.15, 0.2) is 0 Å². The van der Waals surface area contributed by atoms with Crippen LogP contribution in [0.15, 0.2) is 40.0 Å². The van der Waals surface area contributed by atoms with Crippen molar-refractivity contribution in [3.63, 3.8) is 0 Å². The van der Waals surface area contributed by atoms with E-state index in [2.05, 4.69) is 16.1 Å². The summed E-state index contributed by atoms with van der Waals surface area (Å²) in [5.74, 6) is 3.05. The first-order chi connectivity index (χ1) is 10.6. The fraction of sp³-hybridized carbons (Fsp3) is 0.125. The zero-order chi connectivity index (χ0) is 15.9. The number of methoxy groups -OCH3 is 1. The highest BCUT2D eigenvalue weighted by molar-refractivity contribution is 7.85. The Balaban J connectivity index is 2.30. The summed E-state index contributed by atoms with van der Waals surface area (Å²) >= 11 is 0. The minimum absolute atomic E-state index is 0.130. The predicted molar refractivity (Wildman–Crippen MR) is 86.9 cm³/mol. The number of H-pyrrole nitrogens is 1. The van der Waals surface area contributed by atoms with Crippen LogP contribution in [0.2, 0.25) is 0 Å². The molecular formula is C16H14N2O3S. The van der Waals surface area contributed by atoms with Crippen molar-refractivity contribution in [1.82, 2.24) is 10.2 Å². The van der Waals surface area contributed by atoms with Gasteiger partial charge in [0.05, 0.1) is 34.3 Å². The smallest absolute Gasteiger partial charge is 0.264 e. The largest absolute Gasteiger partial charge is 0.495 e. The van der Waals surface area contributed by atoms with Crippen molar-refractivity contribution in [1.29, 1.82) is 0 Å². The lowest BCUT2D eigenvalue weighted by atomic mass is 10.2. The second-order valence-electron chi connectivity index (χ2n) is 4.28. The molecule has 5 nitrogen and oxygen atoms in total. The molecule has 1 aromatic carbocycles. The van der Waals surface area contributed by atoms with Crippen LogP contribution in [-0.4, -0.2) is 27.3 Å². The lowest BCUT2D eigenvalue weighted by Crippen LogP contribution is -2.05. The third-order valence-corrected chi connectivity index (χ3v) is 4.03. The molecule has 1 unspecified atom stereocenters. The Morgan fingerprint density at radius 3 is 2.82 bits per heavy atom. The molecule has 2 aromatic rings. The zero-order valence-electron chi connectivity index (χ0n) is 11.9. The van der Waals surface area contributed by atoms with E-state index in [9.17, 15) is 9.00 Å². The number of rotatable bonds is 5. The van der Waals surface area contributed by atoms with Crippen LogP contribution < -0.4 is 10.3 Å². The van der Waals surface area contributed by atoms with Crippen LogP contribution in [0.25, 0.3) is 12.2 Å². The molecule has 0 amide bonds. The maximum atomic E-state index is 12.1. The Labute approximate surface area is 130 Å². The molecule has 6 heteroatoms. The summed E-state index contributed by atoms with van der Waals surface area (Å²) in [6.45, 7) is 0. The third kappa shape index (κ3) is 3.93. The lowest BCUT2D eigenvalue weighted by molar-refractivity contribution is 0.404.